The molecule has 0 unspecified atom stereocenters. The van der Waals surface area contributed by atoms with E-state index in [0.717, 1.165) is 16.5 Å². The zero-order valence-electron chi connectivity index (χ0n) is 9.61. The van der Waals surface area contributed by atoms with Crippen molar-refractivity contribution in [3.63, 3.8) is 0 Å². The second-order valence-electron chi connectivity index (χ2n) is 3.34. The molecular formula is C11H17NO2S. The molecule has 1 aromatic heterocycles. The van der Waals surface area contributed by atoms with E-state index in [2.05, 4.69) is 24.0 Å². The molecule has 0 saturated carbocycles. The lowest BCUT2D eigenvalue weighted by molar-refractivity contribution is -0.0842. The molecule has 84 valence electrons. The van der Waals surface area contributed by atoms with Gasteiger partial charge in [-0.15, -0.1) is 11.8 Å². The molecule has 0 amide bonds. The molecule has 0 radical (unpaired) electrons. The Morgan fingerprint density at radius 1 is 1.27 bits per heavy atom. The molecule has 1 aromatic rings. The predicted octanol–water partition coefficient (Wildman–Crippen LogP) is 2.41. The van der Waals surface area contributed by atoms with E-state index in [9.17, 15) is 0 Å². The first-order valence-corrected chi connectivity index (χ1v) is 5.78. The number of nitrogens with zero attached hydrogens (tertiary/aromatic N) is 1. The van der Waals surface area contributed by atoms with E-state index in [1.807, 2.05) is 6.92 Å². The van der Waals surface area contributed by atoms with E-state index in [4.69, 9.17) is 9.47 Å². The van der Waals surface area contributed by atoms with Crippen molar-refractivity contribution in [2.75, 3.05) is 20.0 Å². The summed E-state index contributed by atoms with van der Waals surface area (Å²) in [6.07, 6.45) is -0.169. The van der Waals surface area contributed by atoms with Gasteiger partial charge in [0, 0.05) is 19.9 Å². The molecule has 0 aliphatic heterocycles. The van der Waals surface area contributed by atoms with Crippen molar-refractivity contribution in [2.24, 2.45) is 0 Å². The highest BCUT2D eigenvalue weighted by Gasteiger charge is 2.06. The monoisotopic (exact) mass is 227 g/mol. The highest BCUT2D eigenvalue weighted by molar-refractivity contribution is 7.99. The zero-order valence-corrected chi connectivity index (χ0v) is 10.4. The van der Waals surface area contributed by atoms with Gasteiger partial charge < -0.3 is 9.47 Å². The zero-order chi connectivity index (χ0) is 11.3. The van der Waals surface area contributed by atoms with Crippen LogP contribution in [0.3, 0.4) is 0 Å². The van der Waals surface area contributed by atoms with Crippen molar-refractivity contribution < 1.29 is 9.47 Å². The van der Waals surface area contributed by atoms with Gasteiger partial charge in [-0.05, 0) is 31.5 Å². The van der Waals surface area contributed by atoms with E-state index >= 15 is 0 Å². The normalized spacial score (nSPS) is 11.0. The number of rotatable bonds is 5. The molecule has 0 aromatic carbocycles. The molecule has 0 bridgehead atoms. The van der Waals surface area contributed by atoms with E-state index in [-0.39, 0.29) is 6.29 Å². The third-order valence-corrected chi connectivity index (χ3v) is 2.91. The Morgan fingerprint density at radius 3 is 2.47 bits per heavy atom. The van der Waals surface area contributed by atoms with Crippen LogP contribution in [-0.4, -0.2) is 31.2 Å². The summed E-state index contributed by atoms with van der Waals surface area (Å²) >= 11 is 1.64. The second-order valence-corrected chi connectivity index (χ2v) is 4.38. The van der Waals surface area contributed by atoms with Gasteiger partial charge in [-0.1, -0.05) is 0 Å². The van der Waals surface area contributed by atoms with E-state index < -0.39 is 0 Å². The van der Waals surface area contributed by atoms with Gasteiger partial charge in [0.15, 0.2) is 6.29 Å². The third kappa shape index (κ3) is 4.20. The maximum Gasteiger partial charge on any atom is 0.166 e. The maximum atomic E-state index is 5.11. The number of aryl methyl sites for hydroxylation is 2. The van der Waals surface area contributed by atoms with Gasteiger partial charge in [0.1, 0.15) is 0 Å². The largest absolute Gasteiger partial charge is 0.355 e. The average Bonchev–Trinajstić information content (AvgIpc) is 2.18. The highest BCUT2D eigenvalue weighted by Crippen LogP contribution is 2.19. The molecule has 0 saturated heterocycles. The quantitative estimate of drug-likeness (QED) is 0.571. The number of methoxy groups -OCH3 is 2. The fourth-order valence-corrected chi connectivity index (χ4v) is 2.32. The number of aromatic nitrogens is 1. The molecule has 0 atom stereocenters. The number of hydrogen-bond acceptors (Lipinski definition) is 4. The van der Waals surface area contributed by atoms with Crippen LogP contribution in [0.15, 0.2) is 17.2 Å². The number of ether oxygens (including phenoxy) is 2. The first kappa shape index (κ1) is 12.5. The van der Waals surface area contributed by atoms with Crippen molar-refractivity contribution in [1.82, 2.24) is 4.98 Å². The van der Waals surface area contributed by atoms with Crippen LogP contribution >= 0.6 is 11.8 Å². The standard InChI is InChI=1S/C11H17NO2S/c1-8-5-9(2)12-10(6-8)15-7-11(13-3)14-4/h5-6,11H,7H2,1-4H3. The Bertz CT molecular complexity index is 293. The SMILES string of the molecule is COC(CSc1cc(C)cc(C)n1)OC. The Morgan fingerprint density at radius 2 is 1.93 bits per heavy atom. The van der Waals surface area contributed by atoms with Gasteiger partial charge in [-0.25, -0.2) is 4.98 Å². The van der Waals surface area contributed by atoms with Crippen LogP contribution in [0, 0.1) is 13.8 Å². The van der Waals surface area contributed by atoms with E-state index in [1.165, 1.54) is 5.56 Å². The predicted molar refractivity (Wildman–Crippen MR) is 62.2 cm³/mol. The van der Waals surface area contributed by atoms with Crippen molar-refractivity contribution >= 4 is 11.8 Å². The van der Waals surface area contributed by atoms with Gasteiger partial charge in [0.25, 0.3) is 0 Å². The van der Waals surface area contributed by atoms with Gasteiger partial charge in [-0.2, -0.15) is 0 Å². The minimum absolute atomic E-state index is 0.169. The molecule has 3 nitrogen and oxygen atoms in total. The Balaban J connectivity index is 2.57. The fraction of sp³-hybridized carbons (Fsp3) is 0.545. The number of thioether (sulfide) groups is 1. The van der Waals surface area contributed by atoms with E-state index in [1.54, 1.807) is 26.0 Å². The van der Waals surface area contributed by atoms with Crippen molar-refractivity contribution in [2.45, 2.75) is 25.2 Å². The summed E-state index contributed by atoms with van der Waals surface area (Å²) in [6.45, 7) is 4.07. The van der Waals surface area contributed by atoms with E-state index in [0.29, 0.717) is 0 Å². The molecular weight excluding hydrogens is 210 g/mol. The molecule has 1 heterocycles. The smallest absolute Gasteiger partial charge is 0.166 e. The summed E-state index contributed by atoms with van der Waals surface area (Å²) in [6, 6.07) is 4.13. The van der Waals surface area contributed by atoms with Crippen molar-refractivity contribution in [3.05, 3.63) is 23.4 Å². The van der Waals surface area contributed by atoms with Crippen molar-refractivity contribution in [3.8, 4) is 0 Å². The molecule has 4 heteroatoms. The number of hydrogen-bond donors (Lipinski definition) is 0. The molecule has 0 spiro atoms. The van der Waals surface area contributed by atoms with Crippen LogP contribution in [0.25, 0.3) is 0 Å². The lowest BCUT2D eigenvalue weighted by Crippen LogP contribution is -2.15. The van der Waals surface area contributed by atoms with Crippen LogP contribution < -0.4 is 0 Å². The highest BCUT2D eigenvalue weighted by atomic mass is 32.2. The first-order chi connectivity index (χ1) is 7.15. The van der Waals surface area contributed by atoms with Gasteiger partial charge in [0.05, 0.1) is 10.8 Å². The summed E-state index contributed by atoms with van der Waals surface area (Å²) < 4.78 is 10.2. The summed E-state index contributed by atoms with van der Waals surface area (Å²) in [5.74, 6) is 0.753. The average molecular weight is 227 g/mol. The second kappa shape index (κ2) is 6.10. The number of pyridine rings is 1. The van der Waals surface area contributed by atoms with Crippen LogP contribution in [0.5, 0.6) is 0 Å². The summed E-state index contributed by atoms with van der Waals surface area (Å²) in [7, 11) is 3.29. The van der Waals surface area contributed by atoms with Crippen LogP contribution in [0.1, 0.15) is 11.3 Å². The molecule has 0 fully saturated rings. The van der Waals surface area contributed by atoms with Crippen LogP contribution in [-0.2, 0) is 9.47 Å². The Hall–Kier alpha value is -0.580. The van der Waals surface area contributed by atoms with Gasteiger partial charge in [-0.3, -0.25) is 0 Å². The lowest BCUT2D eigenvalue weighted by atomic mass is 10.3. The summed E-state index contributed by atoms with van der Waals surface area (Å²) in [5.41, 5.74) is 2.28. The van der Waals surface area contributed by atoms with Gasteiger partial charge in [0.2, 0.25) is 0 Å². The summed E-state index contributed by atoms with van der Waals surface area (Å²) in [5, 5.41) is 1.02. The minimum Gasteiger partial charge on any atom is -0.355 e. The molecule has 0 aliphatic rings. The molecule has 0 aliphatic carbocycles. The lowest BCUT2D eigenvalue weighted by Gasteiger charge is -2.12. The topological polar surface area (TPSA) is 31.4 Å². The Labute approximate surface area is 95.2 Å². The van der Waals surface area contributed by atoms with Crippen LogP contribution in [0.2, 0.25) is 0 Å². The Kier molecular flexibility index (Phi) is 5.08. The molecule has 15 heavy (non-hydrogen) atoms. The summed E-state index contributed by atoms with van der Waals surface area (Å²) in [4.78, 5) is 4.43. The first-order valence-electron chi connectivity index (χ1n) is 4.79. The van der Waals surface area contributed by atoms with Crippen molar-refractivity contribution in [1.29, 1.82) is 0 Å². The minimum atomic E-state index is -0.169. The maximum absolute atomic E-state index is 5.11. The third-order valence-electron chi connectivity index (χ3n) is 1.97. The molecule has 0 N–H and O–H groups in total. The van der Waals surface area contributed by atoms with Crippen LogP contribution in [0.4, 0.5) is 0 Å². The molecule has 1 rings (SSSR count). The fourth-order valence-electron chi connectivity index (χ4n) is 1.26. The van der Waals surface area contributed by atoms with Gasteiger partial charge >= 0.3 is 0 Å².